The van der Waals surface area contributed by atoms with Gasteiger partial charge in [0.2, 0.25) is 0 Å². The first kappa shape index (κ1) is 9.70. The standard InChI is InChI=1S/C9H12N4O2/c1-5-7(6(2)13(3)11-5)4-8-10-9(14)15-12-8/h4H2,1-3H3,(H,10,12,14). The van der Waals surface area contributed by atoms with Crippen molar-refractivity contribution >= 4 is 0 Å². The molecule has 0 radical (unpaired) electrons. The van der Waals surface area contributed by atoms with E-state index in [-0.39, 0.29) is 0 Å². The van der Waals surface area contributed by atoms with Crippen molar-refractivity contribution in [3.63, 3.8) is 0 Å². The molecule has 0 amide bonds. The number of rotatable bonds is 2. The highest BCUT2D eigenvalue weighted by molar-refractivity contribution is 5.27. The number of nitrogens with one attached hydrogen (secondary N) is 1. The van der Waals surface area contributed by atoms with Crippen LogP contribution in [-0.2, 0) is 13.5 Å². The average molecular weight is 208 g/mol. The molecule has 80 valence electrons. The number of aromatic nitrogens is 4. The molecule has 6 heteroatoms. The number of H-pyrrole nitrogens is 1. The van der Waals surface area contributed by atoms with Crippen LogP contribution in [0.4, 0.5) is 0 Å². The van der Waals surface area contributed by atoms with Crippen LogP contribution in [0.1, 0.15) is 22.8 Å². The molecule has 0 aliphatic heterocycles. The highest BCUT2D eigenvalue weighted by atomic mass is 16.5. The van der Waals surface area contributed by atoms with E-state index >= 15 is 0 Å². The normalized spacial score (nSPS) is 10.9. The van der Waals surface area contributed by atoms with Gasteiger partial charge in [-0.1, -0.05) is 5.16 Å². The molecular weight excluding hydrogens is 196 g/mol. The van der Waals surface area contributed by atoms with E-state index in [1.54, 1.807) is 0 Å². The number of aryl methyl sites for hydroxylation is 2. The molecule has 0 atom stereocenters. The van der Waals surface area contributed by atoms with Gasteiger partial charge in [0.25, 0.3) is 0 Å². The van der Waals surface area contributed by atoms with E-state index < -0.39 is 5.76 Å². The molecule has 0 spiro atoms. The van der Waals surface area contributed by atoms with Crippen LogP contribution in [0.25, 0.3) is 0 Å². The molecule has 0 saturated heterocycles. The molecule has 0 aliphatic rings. The van der Waals surface area contributed by atoms with Crippen LogP contribution in [0.15, 0.2) is 9.32 Å². The van der Waals surface area contributed by atoms with E-state index in [0.29, 0.717) is 12.2 Å². The summed E-state index contributed by atoms with van der Waals surface area (Å²) < 4.78 is 6.24. The molecule has 0 saturated carbocycles. The third kappa shape index (κ3) is 1.70. The summed E-state index contributed by atoms with van der Waals surface area (Å²) in [6.45, 7) is 3.91. The maximum atomic E-state index is 10.7. The lowest BCUT2D eigenvalue weighted by Gasteiger charge is -1.97. The fourth-order valence-electron chi connectivity index (χ4n) is 1.58. The van der Waals surface area contributed by atoms with Gasteiger partial charge in [0.05, 0.1) is 5.69 Å². The number of aromatic amines is 1. The molecule has 2 aromatic heterocycles. The Morgan fingerprint density at radius 1 is 1.47 bits per heavy atom. The van der Waals surface area contributed by atoms with Crippen molar-refractivity contribution in [2.75, 3.05) is 0 Å². The Morgan fingerprint density at radius 2 is 2.20 bits per heavy atom. The molecule has 0 bridgehead atoms. The monoisotopic (exact) mass is 208 g/mol. The third-order valence-corrected chi connectivity index (χ3v) is 2.49. The van der Waals surface area contributed by atoms with Crippen LogP contribution in [0.2, 0.25) is 0 Å². The molecule has 2 heterocycles. The fourth-order valence-corrected chi connectivity index (χ4v) is 1.58. The third-order valence-electron chi connectivity index (χ3n) is 2.49. The Labute approximate surface area is 85.9 Å². The van der Waals surface area contributed by atoms with E-state index in [0.717, 1.165) is 17.0 Å². The minimum Gasteiger partial charge on any atom is -0.296 e. The average Bonchev–Trinajstić information content (AvgIpc) is 2.67. The van der Waals surface area contributed by atoms with Gasteiger partial charge in [0.1, 0.15) is 0 Å². The second kappa shape index (κ2) is 3.38. The maximum Gasteiger partial charge on any atom is 0.438 e. The molecule has 0 aromatic carbocycles. The van der Waals surface area contributed by atoms with Crippen LogP contribution in [0.5, 0.6) is 0 Å². The van der Waals surface area contributed by atoms with Crippen molar-refractivity contribution in [2.45, 2.75) is 20.3 Å². The Kier molecular flexibility index (Phi) is 2.18. The minimum absolute atomic E-state index is 0.524. The van der Waals surface area contributed by atoms with Crippen molar-refractivity contribution in [1.82, 2.24) is 19.9 Å². The topological polar surface area (TPSA) is 76.7 Å². The van der Waals surface area contributed by atoms with Gasteiger partial charge >= 0.3 is 5.76 Å². The van der Waals surface area contributed by atoms with E-state index in [1.807, 2.05) is 25.6 Å². The maximum absolute atomic E-state index is 10.7. The summed E-state index contributed by atoms with van der Waals surface area (Å²) in [5.74, 6) is 0.00314. The lowest BCUT2D eigenvalue weighted by atomic mass is 10.1. The summed E-state index contributed by atoms with van der Waals surface area (Å²) in [7, 11) is 1.89. The first-order valence-electron chi connectivity index (χ1n) is 4.62. The number of hydrogen-bond acceptors (Lipinski definition) is 4. The van der Waals surface area contributed by atoms with Gasteiger partial charge in [-0.3, -0.25) is 14.2 Å². The number of nitrogens with zero attached hydrogens (tertiary/aromatic N) is 3. The molecule has 0 fully saturated rings. The minimum atomic E-state index is -0.524. The second-order valence-corrected chi connectivity index (χ2v) is 3.49. The van der Waals surface area contributed by atoms with E-state index in [4.69, 9.17) is 0 Å². The quantitative estimate of drug-likeness (QED) is 0.770. The lowest BCUT2D eigenvalue weighted by molar-refractivity contribution is 0.382. The Balaban J connectivity index is 2.35. The van der Waals surface area contributed by atoms with Gasteiger partial charge in [-0.2, -0.15) is 5.10 Å². The van der Waals surface area contributed by atoms with Crippen molar-refractivity contribution in [3.05, 3.63) is 33.3 Å². The van der Waals surface area contributed by atoms with Gasteiger partial charge < -0.3 is 0 Å². The first-order valence-corrected chi connectivity index (χ1v) is 4.62. The molecule has 15 heavy (non-hydrogen) atoms. The van der Waals surface area contributed by atoms with Crippen molar-refractivity contribution in [3.8, 4) is 0 Å². The van der Waals surface area contributed by atoms with Crippen LogP contribution in [0.3, 0.4) is 0 Å². The molecular formula is C9H12N4O2. The summed E-state index contributed by atoms with van der Waals surface area (Å²) >= 11 is 0. The predicted octanol–water partition coefficient (Wildman–Crippen LogP) is 0.304. The zero-order valence-electron chi connectivity index (χ0n) is 8.87. The van der Waals surface area contributed by atoms with Crippen molar-refractivity contribution in [1.29, 1.82) is 0 Å². The van der Waals surface area contributed by atoms with E-state index in [9.17, 15) is 4.79 Å². The molecule has 0 unspecified atom stereocenters. The summed E-state index contributed by atoms with van der Waals surface area (Å²) in [5, 5.41) is 7.90. The van der Waals surface area contributed by atoms with Gasteiger partial charge in [0, 0.05) is 24.7 Å². The van der Waals surface area contributed by atoms with Gasteiger partial charge in [-0.15, -0.1) is 0 Å². The van der Waals surface area contributed by atoms with E-state index in [1.165, 1.54) is 0 Å². The zero-order valence-corrected chi connectivity index (χ0v) is 8.87. The summed E-state index contributed by atoms with van der Waals surface area (Å²) in [5.41, 5.74) is 3.08. The fraction of sp³-hybridized carbons (Fsp3) is 0.444. The van der Waals surface area contributed by atoms with E-state index in [2.05, 4.69) is 19.8 Å². The number of hydrogen-bond donors (Lipinski definition) is 1. The molecule has 6 nitrogen and oxygen atoms in total. The second-order valence-electron chi connectivity index (χ2n) is 3.49. The van der Waals surface area contributed by atoms with Crippen molar-refractivity contribution in [2.24, 2.45) is 7.05 Å². The zero-order chi connectivity index (χ0) is 11.0. The summed E-state index contributed by atoms with van der Waals surface area (Å²) in [4.78, 5) is 13.3. The molecule has 2 aromatic rings. The first-order chi connectivity index (χ1) is 7.08. The predicted molar refractivity (Wildman–Crippen MR) is 52.6 cm³/mol. The van der Waals surface area contributed by atoms with Crippen LogP contribution in [0, 0.1) is 13.8 Å². The summed E-state index contributed by atoms with van der Waals surface area (Å²) in [6, 6.07) is 0. The molecule has 2 rings (SSSR count). The van der Waals surface area contributed by atoms with Gasteiger partial charge in [0.15, 0.2) is 5.82 Å². The Bertz CT molecular complexity index is 535. The van der Waals surface area contributed by atoms with Crippen LogP contribution in [-0.4, -0.2) is 19.9 Å². The van der Waals surface area contributed by atoms with Crippen LogP contribution < -0.4 is 5.76 Å². The highest BCUT2D eigenvalue weighted by Gasteiger charge is 2.12. The Morgan fingerprint density at radius 3 is 2.67 bits per heavy atom. The lowest BCUT2D eigenvalue weighted by Crippen LogP contribution is -1.99. The van der Waals surface area contributed by atoms with Crippen LogP contribution >= 0.6 is 0 Å². The Hall–Kier alpha value is -1.85. The summed E-state index contributed by atoms with van der Waals surface area (Å²) in [6.07, 6.45) is 0.539. The van der Waals surface area contributed by atoms with Gasteiger partial charge in [-0.25, -0.2) is 4.79 Å². The highest BCUT2D eigenvalue weighted by Crippen LogP contribution is 2.14. The largest absolute Gasteiger partial charge is 0.438 e. The molecule has 1 N–H and O–H groups in total. The smallest absolute Gasteiger partial charge is 0.296 e. The SMILES string of the molecule is Cc1nn(C)c(C)c1Cc1noc(=O)[nH]1. The molecule has 0 aliphatic carbocycles. The van der Waals surface area contributed by atoms with Gasteiger partial charge in [-0.05, 0) is 13.8 Å². The van der Waals surface area contributed by atoms with Crippen molar-refractivity contribution < 1.29 is 4.52 Å².